The first kappa shape index (κ1) is 22.1. The number of anilines is 1. The Labute approximate surface area is 174 Å². The molecule has 0 radical (unpaired) electrons. The first-order valence-electron chi connectivity index (χ1n) is 10.0. The number of ether oxygens (including phenoxy) is 1. The van der Waals surface area contributed by atoms with E-state index in [1.165, 1.54) is 29.8 Å². The van der Waals surface area contributed by atoms with Gasteiger partial charge in [-0.05, 0) is 49.2 Å². The third-order valence-electron chi connectivity index (χ3n) is 4.99. The van der Waals surface area contributed by atoms with Crippen LogP contribution in [0.3, 0.4) is 0 Å². The number of hydrogen-bond donors (Lipinski definition) is 1. The largest absolute Gasteiger partial charge is 0.573 e. The average molecular weight is 421 g/mol. The summed E-state index contributed by atoms with van der Waals surface area (Å²) < 4.78 is 40.4. The number of halogens is 3. The molecule has 1 heterocycles. The minimum absolute atomic E-state index is 0.183. The van der Waals surface area contributed by atoms with Crippen LogP contribution in [0.1, 0.15) is 12.0 Å². The summed E-state index contributed by atoms with van der Waals surface area (Å²) in [6.07, 6.45) is -2.55. The number of nitrogens with one attached hydrogen (secondary N) is 1. The van der Waals surface area contributed by atoms with Gasteiger partial charge in [-0.1, -0.05) is 30.3 Å². The quantitative estimate of drug-likeness (QED) is 0.705. The van der Waals surface area contributed by atoms with Crippen LogP contribution in [0.5, 0.6) is 5.75 Å². The molecule has 8 heteroatoms. The van der Waals surface area contributed by atoms with E-state index in [4.69, 9.17) is 0 Å². The second-order valence-electron chi connectivity index (χ2n) is 7.33. The van der Waals surface area contributed by atoms with Crippen molar-refractivity contribution in [3.05, 3.63) is 60.2 Å². The molecule has 0 atom stereocenters. The zero-order valence-electron chi connectivity index (χ0n) is 16.7. The highest BCUT2D eigenvalue weighted by atomic mass is 19.4. The van der Waals surface area contributed by atoms with E-state index in [1.54, 1.807) is 0 Å². The number of aryl methyl sites for hydroxylation is 1. The van der Waals surface area contributed by atoms with E-state index >= 15 is 0 Å². The summed E-state index contributed by atoms with van der Waals surface area (Å²) in [7, 11) is 0. The minimum Gasteiger partial charge on any atom is -0.406 e. The molecule has 3 rings (SSSR count). The van der Waals surface area contributed by atoms with Crippen molar-refractivity contribution >= 4 is 11.6 Å². The molecular formula is C22H26F3N3O2. The maximum Gasteiger partial charge on any atom is 0.573 e. The summed E-state index contributed by atoms with van der Waals surface area (Å²) in [5.41, 5.74) is 1.79. The Morgan fingerprint density at radius 3 is 2.20 bits per heavy atom. The van der Waals surface area contributed by atoms with Crippen LogP contribution in [0.25, 0.3) is 0 Å². The Hall–Kier alpha value is -2.58. The first-order valence-corrected chi connectivity index (χ1v) is 10.0. The van der Waals surface area contributed by atoms with Crippen LogP contribution in [0.4, 0.5) is 18.9 Å². The van der Waals surface area contributed by atoms with Gasteiger partial charge in [-0.3, -0.25) is 9.69 Å². The van der Waals surface area contributed by atoms with Gasteiger partial charge in [0.1, 0.15) is 5.75 Å². The second kappa shape index (κ2) is 10.4. The van der Waals surface area contributed by atoms with Gasteiger partial charge >= 0.3 is 6.36 Å². The van der Waals surface area contributed by atoms with Gasteiger partial charge in [-0.25, -0.2) is 0 Å². The van der Waals surface area contributed by atoms with E-state index in [1.807, 2.05) is 6.07 Å². The average Bonchev–Trinajstić information content (AvgIpc) is 2.70. The van der Waals surface area contributed by atoms with E-state index in [2.05, 4.69) is 44.1 Å². The number of nitrogens with zero attached hydrogens (tertiary/aromatic N) is 2. The fourth-order valence-corrected chi connectivity index (χ4v) is 3.47. The summed E-state index contributed by atoms with van der Waals surface area (Å²) in [6.45, 7) is 4.78. The molecule has 30 heavy (non-hydrogen) atoms. The van der Waals surface area contributed by atoms with Crippen LogP contribution >= 0.6 is 0 Å². The molecule has 162 valence electrons. The lowest BCUT2D eigenvalue weighted by molar-refractivity contribution is -0.274. The van der Waals surface area contributed by atoms with Gasteiger partial charge in [0.25, 0.3) is 0 Å². The normalized spacial score (nSPS) is 15.7. The van der Waals surface area contributed by atoms with Crippen molar-refractivity contribution in [3.63, 3.8) is 0 Å². The molecule has 2 aromatic rings. The number of carbonyl (C=O) groups excluding carboxylic acids is 1. The van der Waals surface area contributed by atoms with Crippen LogP contribution in [-0.4, -0.2) is 61.3 Å². The van der Waals surface area contributed by atoms with E-state index in [-0.39, 0.29) is 18.2 Å². The van der Waals surface area contributed by atoms with Gasteiger partial charge in [0, 0.05) is 31.9 Å². The fourth-order valence-electron chi connectivity index (χ4n) is 3.47. The summed E-state index contributed by atoms with van der Waals surface area (Å²) >= 11 is 0. The summed E-state index contributed by atoms with van der Waals surface area (Å²) in [5.74, 6) is -0.499. The van der Waals surface area contributed by atoms with Gasteiger partial charge in [0.05, 0.1) is 6.54 Å². The summed E-state index contributed by atoms with van der Waals surface area (Å²) in [4.78, 5) is 16.7. The Morgan fingerprint density at radius 1 is 0.933 bits per heavy atom. The molecule has 0 bridgehead atoms. The number of benzene rings is 2. The van der Waals surface area contributed by atoms with E-state index < -0.39 is 6.36 Å². The smallest absolute Gasteiger partial charge is 0.406 e. The maximum absolute atomic E-state index is 12.2. The lowest BCUT2D eigenvalue weighted by Crippen LogP contribution is -2.48. The Morgan fingerprint density at radius 2 is 1.57 bits per heavy atom. The minimum atomic E-state index is -4.73. The lowest BCUT2D eigenvalue weighted by atomic mass is 10.1. The van der Waals surface area contributed by atoms with Crippen molar-refractivity contribution in [1.82, 2.24) is 9.80 Å². The fraction of sp³-hybridized carbons (Fsp3) is 0.409. The number of carbonyl (C=O) groups is 1. The van der Waals surface area contributed by atoms with E-state index in [9.17, 15) is 18.0 Å². The van der Waals surface area contributed by atoms with Crippen molar-refractivity contribution in [2.45, 2.75) is 19.2 Å². The first-order chi connectivity index (χ1) is 14.4. The number of hydrogen-bond acceptors (Lipinski definition) is 4. The van der Waals surface area contributed by atoms with Gasteiger partial charge in [0.15, 0.2) is 0 Å². The summed E-state index contributed by atoms with van der Waals surface area (Å²) in [5, 5.41) is 2.71. The molecule has 1 saturated heterocycles. The Bertz CT molecular complexity index is 790. The van der Waals surface area contributed by atoms with Crippen molar-refractivity contribution in [2.24, 2.45) is 0 Å². The maximum atomic E-state index is 12.2. The molecule has 1 aliphatic heterocycles. The van der Waals surface area contributed by atoms with Crippen molar-refractivity contribution in [2.75, 3.05) is 44.6 Å². The van der Waals surface area contributed by atoms with Crippen LogP contribution in [0.15, 0.2) is 54.6 Å². The van der Waals surface area contributed by atoms with Gasteiger partial charge < -0.3 is 15.0 Å². The SMILES string of the molecule is O=C(CN1CCN(CCCc2ccccc2)CC1)Nc1ccc(OC(F)(F)F)cc1. The third kappa shape index (κ3) is 7.68. The standard InChI is InChI=1S/C22H26F3N3O2/c23-22(24,25)30-20-10-8-19(9-11-20)26-21(29)17-28-15-13-27(14-16-28)12-4-7-18-5-2-1-3-6-18/h1-3,5-6,8-11H,4,7,12-17H2,(H,26,29). The Kier molecular flexibility index (Phi) is 7.70. The van der Waals surface area contributed by atoms with Crippen LogP contribution in [0.2, 0.25) is 0 Å². The predicted molar refractivity (Wildman–Crippen MR) is 109 cm³/mol. The monoisotopic (exact) mass is 421 g/mol. The van der Waals surface area contributed by atoms with Crippen molar-refractivity contribution in [1.29, 1.82) is 0 Å². The number of rotatable bonds is 8. The van der Waals surface area contributed by atoms with Crippen LogP contribution < -0.4 is 10.1 Å². The number of amides is 1. The van der Waals surface area contributed by atoms with Crippen molar-refractivity contribution < 1.29 is 22.7 Å². The molecule has 2 aromatic carbocycles. The second-order valence-corrected chi connectivity index (χ2v) is 7.33. The molecule has 0 aromatic heterocycles. The molecule has 0 saturated carbocycles. The lowest BCUT2D eigenvalue weighted by Gasteiger charge is -2.34. The van der Waals surface area contributed by atoms with Crippen molar-refractivity contribution in [3.8, 4) is 5.75 Å². The third-order valence-corrected chi connectivity index (χ3v) is 4.99. The number of alkyl halides is 3. The molecule has 0 aliphatic carbocycles. The molecule has 1 fully saturated rings. The van der Waals surface area contributed by atoms with Gasteiger partial charge in [0.2, 0.25) is 5.91 Å². The van der Waals surface area contributed by atoms with Crippen LogP contribution in [-0.2, 0) is 11.2 Å². The summed E-state index contributed by atoms with van der Waals surface area (Å²) in [6, 6.07) is 15.6. The molecule has 1 N–H and O–H groups in total. The molecule has 0 spiro atoms. The molecular weight excluding hydrogens is 395 g/mol. The predicted octanol–water partition coefficient (Wildman–Crippen LogP) is 3.77. The zero-order valence-corrected chi connectivity index (χ0v) is 16.7. The van der Waals surface area contributed by atoms with Gasteiger partial charge in [-0.2, -0.15) is 0 Å². The molecule has 1 amide bonds. The topological polar surface area (TPSA) is 44.8 Å². The zero-order chi connectivity index (χ0) is 21.4. The van der Waals surface area contributed by atoms with E-state index in [0.29, 0.717) is 5.69 Å². The van der Waals surface area contributed by atoms with Gasteiger partial charge in [-0.15, -0.1) is 13.2 Å². The molecule has 5 nitrogen and oxygen atoms in total. The molecule has 0 unspecified atom stereocenters. The highest BCUT2D eigenvalue weighted by molar-refractivity contribution is 5.92. The Balaban J connectivity index is 1.34. The number of piperazine rings is 1. The highest BCUT2D eigenvalue weighted by Gasteiger charge is 2.31. The van der Waals surface area contributed by atoms with Crippen LogP contribution in [0, 0.1) is 0 Å². The highest BCUT2D eigenvalue weighted by Crippen LogP contribution is 2.23. The van der Waals surface area contributed by atoms with E-state index in [0.717, 1.165) is 45.6 Å². The molecule has 1 aliphatic rings.